The van der Waals surface area contributed by atoms with Crippen LogP contribution in [-0.2, 0) is 0 Å². The second-order valence-electron chi connectivity index (χ2n) is 1.69. The lowest BCUT2D eigenvalue weighted by atomic mass is 10.7. The predicted octanol–water partition coefficient (Wildman–Crippen LogP) is -1.27. The molecular weight excluding hydrogens is 179 g/mol. The van der Waals surface area contributed by atoms with Crippen LogP contribution < -0.4 is 27.7 Å². The fourth-order valence-electron chi connectivity index (χ4n) is 0.281. The van der Waals surface area contributed by atoms with E-state index in [2.05, 4.69) is 5.84 Å². The molecule has 0 aliphatic rings. The van der Waals surface area contributed by atoms with Gasteiger partial charge in [0, 0.05) is 0 Å². The van der Waals surface area contributed by atoms with Crippen LogP contribution in [-0.4, -0.2) is 18.8 Å². The fourth-order valence-corrected chi connectivity index (χ4v) is 0.281. The number of hydrogen-bond acceptors (Lipinski definition) is 4. The van der Waals surface area contributed by atoms with Crippen molar-refractivity contribution in [2.75, 3.05) is 6.54 Å². The number of amides is 2. The van der Waals surface area contributed by atoms with Crippen molar-refractivity contribution in [3.8, 4) is 0 Å². The number of halogens is 3. The van der Waals surface area contributed by atoms with Gasteiger partial charge in [0.2, 0.25) is 0 Å². The smallest absolute Gasteiger partial charge is 0.275 e. The molecular formula is C3H8F3N5O. The first-order chi connectivity index (χ1) is 5.45. The van der Waals surface area contributed by atoms with Crippen molar-refractivity contribution < 1.29 is 18.0 Å². The van der Waals surface area contributed by atoms with Crippen molar-refractivity contribution in [1.82, 2.24) is 21.8 Å². The highest BCUT2D eigenvalue weighted by atomic mass is 19.4. The van der Waals surface area contributed by atoms with Crippen LogP contribution in [0.5, 0.6) is 0 Å². The number of hydrazine groups is 3. The quantitative estimate of drug-likeness (QED) is 0.165. The maximum absolute atomic E-state index is 11.4. The summed E-state index contributed by atoms with van der Waals surface area (Å²) in [6.07, 6.45) is -4.34. The molecule has 0 aromatic rings. The van der Waals surface area contributed by atoms with Gasteiger partial charge in [-0.1, -0.05) is 0 Å². The first kappa shape index (κ1) is 10.9. The van der Waals surface area contributed by atoms with E-state index in [-0.39, 0.29) is 0 Å². The summed E-state index contributed by atoms with van der Waals surface area (Å²) in [5, 5.41) is 0. The molecule has 0 atom stereocenters. The Balaban J connectivity index is 3.28. The number of nitrogens with two attached hydrogens (primary N) is 1. The molecule has 0 aliphatic carbocycles. The largest absolute Gasteiger partial charge is 0.402 e. The molecule has 0 radical (unpaired) electrons. The van der Waals surface area contributed by atoms with Gasteiger partial charge in [-0.25, -0.2) is 16.1 Å². The van der Waals surface area contributed by atoms with Gasteiger partial charge in [-0.3, -0.25) is 10.9 Å². The minimum Gasteiger partial charge on any atom is -0.275 e. The lowest BCUT2D eigenvalue weighted by molar-refractivity contribution is -0.127. The topological polar surface area (TPSA) is 91.2 Å². The highest BCUT2D eigenvalue weighted by molar-refractivity contribution is 5.72. The van der Waals surface area contributed by atoms with E-state index in [0.717, 1.165) is 0 Å². The Morgan fingerprint density at radius 3 is 2.42 bits per heavy atom. The number of carbonyl (C=O) groups is 1. The standard InChI is InChI=1S/C3H8F3N5O/c4-3(5,6)1-8-11-10-2(12)9-7/h8,11H,1,7H2,(H2,9,10,12). The Morgan fingerprint density at radius 2 is 2.00 bits per heavy atom. The maximum atomic E-state index is 11.4. The van der Waals surface area contributed by atoms with E-state index < -0.39 is 18.8 Å². The molecule has 12 heavy (non-hydrogen) atoms. The van der Waals surface area contributed by atoms with Crippen molar-refractivity contribution in [2.24, 2.45) is 5.84 Å². The van der Waals surface area contributed by atoms with Crippen LogP contribution in [0.2, 0.25) is 0 Å². The minimum absolute atomic E-state index is 0.857. The lowest BCUT2D eigenvalue weighted by Gasteiger charge is -2.09. The van der Waals surface area contributed by atoms with Crippen molar-refractivity contribution >= 4 is 6.03 Å². The van der Waals surface area contributed by atoms with Gasteiger partial charge in [0.05, 0.1) is 0 Å². The molecule has 0 saturated carbocycles. The Hall–Kier alpha value is -1.06. The SMILES string of the molecule is NNC(=O)NNNCC(F)(F)F. The zero-order chi connectivity index (χ0) is 9.61. The molecule has 0 unspecified atom stereocenters. The van der Waals surface area contributed by atoms with E-state index >= 15 is 0 Å². The highest BCUT2D eigenvalue weighted by Gasteiger charge is 2.26. The minimum atomic E-state index is -4.34. The maximum Gasteiger partial charge on any atom is 0.402 e. The van der Waals surface area contributed by atoms with Gasteiger partial charge >= 0.3 is 12.2 Å². The molecule has 0 saturated heterocycles. The van der Waals surface area contributed by atoms with Gasteiger partial charge in [-0.05, 0) is 0 Å². The van der Waals surface area contributed by atoms with E-state index in [1.54, 1.807) is 21.8 Å². The number of nitrogens with one attached hydrogen (secondary N) is 4. The van der Waals surface area contributed by atoms with Gasteiger partial charge in [-0.2, -0.15) is 18.7 Å². The van der Waals surface area contributed by atoms with Crippen LogP contribution >= 0.6 is 0 Å². The second kappa shape index (κ2) is 4.74. The Labute approximate surface area is 65.6 Å². The molecule has 2 amide bonds. The van der Waals surface area contributed by atoms with Crippen molar-refractivity contribution in [2.45, 2.75) is 6.18 Å². The zero-order valence-electron chi connectivity index (χ0n) is 5.83. The van der Waals surface area contributed by atoms with Crippen LogP contribution in [0.3, 0.4) is 0 Å². The third-order valence-corrected chi connectivity index (χ3v) is 0.684. The van der Waals surface area contributed by atoms with Gasteiger partial charge in [0.1, 0.15) is 6.54 Å². The number of carbonyl (C=O) groups excluding carboxylic acids is 1. The summed E-state index contributed by atoms with van der Waals surface area (Å²) in [6, 6.07) is -0.857. The summed E-state index contributed by atoms with van der Waals surface area (Å²) >= 11 is 0. The molecule has 0 aromatic carbocycles. The molecule has 6 nitrogen and oxygen atoms in total. The second-order valence-corrected chi connectivity index (χ2v) is 1.69. The summed E-state index contributed by atoms with van der Waals surface area (Å²) in [5.74, 6) is 4.59. The van der Waals surface area contributed by atoms with Crippen molar-refractivity contribution in [3.05, 3.63) is 0 Å². The Kier molecular flexibility index (Phi) is 4.33. The molecule has 0 heterocycles. The molecule has 0 rings (SSSR count). The van der Waals surface area contributed by atoms with Crippen LogP contribution in [0.25, 0.3) is 0 Å². The zero-order valence-corrected chi connectivity index (χ0v) is 5.83. The molecule has 9 heteroatoms. The third kappa shape index (κ3) is 7.05. The van der Waals surface area contributed by atoms with E-state index in [1.165, 1.54) is 0 Å². The number of rotatable bonds is 3. The van der Waals surface area contributed by atoms with E-state index in [1.807, 2.05) is 0 Å². The van der Waals surface area contributed by atoms with Gasteiger partial charge in [0.15, 0.2) is 0 Å². The fraction of sp³-hybridized carbons (Fsp3) is 0.667. The van der Waals surface area contributed by atoms with E-state index in [0.29, 0.717) is 0 Å². The van der Waals surface area contributed by atoms with Crippen LogP contribution in [0.1, 0.15) is 0 Å². The molecule has 72 valence electrons. The first-order valence-electron chi connectivity index (χ1n) is 2.77. The van der Waals surface area contributed by atoms with E-state index in [4.69, 9.17) is 0 Å². The van der Waals surface area contributed by atoms with Gasteiger partial charge < -0.3 is 0 Å². The molecule has 0 spiro atoms. The van der Waals surface area contributed by atoms with Crippen LogP contribution in [0.4, 0.5) is 18.0 Å². The highest BCUT2D eigenvalue weighted by Crippen LogP contribution is 2.11. The summed E-state index contributed by atoms with van der Waals surface area (Å²) in [5.41, 5.74) is 6.87. The Morgan fingerprint density at radius 1 is 1.42 bits per heavy atom. The predicted molar refractivity (Wildman–Crippen MR) is 33.0 cm³/mol. The monoisotopic (exact) mass is 187 g/mol. The number of urea groups is 1. The average Bonchev–Trinajstić information content (AvgIpc) is 1.96. The third-order valence-electron chi connectivity index (χ3n) is 0.684. The van der Waals surface area contributed by atoms with Gasteiger partial charge in [-0.15, -0.1) is 0 Å². The molecule has 6 N–H and O–H groups in total. The summed E-state index contributed by atoms with van der Waals surface area (Å²) in [7, 11) is 0. The van der Waals surface area contributed by atoms with Crippen LogP contribution in [0.15, 0.2) is 0 Å². The number of hydrogen-bond donors (Lipinski definition) is 5. The molecule has 0 aromatic heterocycles. The summed E-state index contributed by atoms with van der Waals surface area (Å²) < 4.78 is 34.2. The van der Waals surface area contributed by atoms with Gasteiger partial charge in [0.25, 0.3) is 0 Å². The average molecular weight is 187 g/mol. The van der Waals surface area contributed by atoms with Crippen molar-refractivity contribution in [3.63, 3.8) is 0 Å². The Bertz CT molecular complexity index is 147. The summed E-state index contributed by atoms with van der Waals surface area (Å²) in [6.45, 7) is -1.27. The normalized spacial score (nSPS) is 11.0. The number of alkyl halides is 3. The molecule has 0 bridgehead atoms. The molecule has 0 aliphatic heterocycles. The molecule has 0 fully saturated rings. The van der Waals surface area contributed by atoms with Crippen LogP contribution in [0, 0.1) is 0 Å². The van der Waals surface area contributed by atoms with Crippen molar-refractivity contribution in [1.29, 1.82) is 0 Å². The van der Waals surface area contributed by atoms with E-state index in [9.17, 15) is 18.0 Å². The summed E-state index contributed by atoms with van der Waals surface area (Å²) in [4.78, 5) is 10.2. The first-order valence-corrected chi connectivity index (χ1v) is 2.77. The lowest BCUT2D eigenvalue weighted by Crippen LogP contribution is -2.53.